The van der Waals surface area contributed by atoms with Crippen molar-refractivity contribution in [3.05, 3.63) is 23.3 Å². The van der Waals surface area contributed by atoms with E-state index >= 15 is 0 Å². The SMILES string of the molecule is CCCc1nc(C2CCOCC2)ncc1C(=O)OCC. The minimum atomic E-state index is -0.325. The molecule has 1 saturated heterocycles. The highest BCUT2D eigenvalue weighted by Crippen LogP contribution is 2.25. The number of aryl methyl sites for hydroxylation is 1. The van der Waals surface area contributed by atoms with Crippen LogP contribution in [0, 0.1) is 0 Å². The molecule has 0 aliphatic carbocycles. The average Bonchev–Trinajstić information content (AvgIpc) is 2.48. The molecular weight excluding hydrogens is 256 g/mol. The van der Waals surface area contributed by atoms with Crippen LogP contribution in [-0.4, -0.2) is 35.8 Å². The van der Waals surface area contributed by atoms with E-state index < -0.39 is 0 Å². The van der Waals surface area contributed by atoms with Crippen LogP contribution in [0.2, 0.25) is 0 Å². The fourth-order valence-electron chi connectivity index (χ4n) is 2.39. The molecule has 2 heterocycles. The van der Waals surface area contributed by atoms with Gasteiger partial charge in [-0.2, -0.15) is 0 Å². The maximum atomic E-state index is 11.9. The summed E-state index contributed by atoms with van der Waals surface area (Å²) in [6.45, 7) is 5.76. The van der Waals surface area contributed by atoms with Crippen LogP contribution < -0.4 is 0 Å². The zero-order valence-electron chi connectivity index (χ0n) is 12.2. The molecule has 0 spiro atoms. The van der Waals surface area contributed by atoms with E-state index in [0.717, 1.165) is 50.4 Å². The molecule has 110 valence electrons. The Morgan fingerprint density at radius 2 is 2.15 bits per heavy atom. The molecule has 0 amide bonds. The molecule has 1 aliphatic rings. The molecule has 1 aromatic heterocycles. The van der Waals surface area contributed by atoms with Gasteiger partial charge in [-0.25, -0.2) is 14.8 Å². The monoisotopic (exact) mass is 278 g/mol. The Hall–Kier alpha value is -1.49. The molecule has 20 heavy (non-hydrogen) atoms. The third-order valence-corrected chi connectivity index (χ3v) is 3.45. The molecule has 0 N–H and O–H groups in total. The van der Waals surface area contributed by atoms with Crippen molar-refractivity contribution in [3.63, 3.8) is 0 Å². The number of carbonyl (C=O) groups excluding carboxylic acids is 1. The summed E-state index contributed by atoms with van der Waals surface area (Å²) >= 11 is 0. The Bertz CT molecular complexity index is 456. The highest BCUT2D eigenvalue weighted by Gasteiger charge is 2.21. The fourth-order valence-corrected chi connectivity index (χ4v) is 2.39. The first-order valence-electron chi connectivity index (χ1n) is 7.36. The van der Waals surface area contributed by atoms with Crippen molar-refractivity contribution < 1.29 is 14.3 Å². The number of rotatable bonds is 5. The van der Waals surface area contributed by atoms with E-state index in [4.69, 9.17) is 9.47 Å². The summed E-state index contributed by atoms with van der Waals surface area (Å²) < 4.78 is 10.4. The van der Waals surface area contributed by atoms with Crippen molar-refractivity contribution in [1.29, 1.82) is 0 Å². The molecule has 1 aliphatic heterocycles. The second-order valence-electron chi connectivity index (χ2n) is 4.95. The predicted molar refractivity (Wildman–Crippen MR) is 74.8 cm³/mol. The Kier molecular flexibility index (Phi) is 5.47. The quantitative estimate of drug-likeness (QED) is 0.774. The van der Waals surface area contributed by atoms with E-state index in [1.165, 1.54) is 0 Å². The molecule has 0 aromatic carbocycles. The first kappa shape index (κ1) is 14.9. The molecule has 2 rings (SSSR count). The molecule has 0 atom stereocenters. The normalized spacial score (nSPS) is 16.1. The summed E-state index contributed by atoms with van der Waals surface area (Å²) in [6.07, 6.45) is 5.24. The van der Waals surface area contributed by atoms with Gasteiger partial charge in [-0.15, -0.1) is 0 Å². The number of carbonyl (C=O) groups is 1. The Morgan fingerprint density at radius 3 is 2.80 bits per heavy atom. The van der Waals surface area contributed by atoms with Crippen LogP contribution in [0.4, 0.5) is 0 Å². The van der Waals surface area contributed by atoms with E-state index in [2.05, 4.69) is 16.9 Å². The van der Waals surface area contributed by atoms with Crippen LogP contribution in [-0.2, 0) is 15.9 Å². The van der Waals surface area contributed by atoms with Gasteiger partial charge < -0.3 is 9.47 Å². The summed E-state index contributed by atoms with van der Waals surface area (Å²) in [5.41, 5.74) is 1.31. The summed E-state index contributed by atoms with van der Waals surface area (Å²) in [5, 5.41) is 0. The number of ether oxygens (including phenoxy) is 2. The predicted octanol–water partition coefficient (Wildman–Crippen LogP) is 2.50. The first-order chi connectivity index (χ1) is 9.76. The zero-order chi connectivity index (χ0) is 14.4. The Morgan fingerprint density at radius 1 is 1.40 bits per heavy atom. The van der Waals surface area contributed by atoms with Gasteiger partial charge in [-0.05, 0) is 26.2 Å². The average molecular weight is 278 g/mol. The van der Waals surface area contributed by atoms with E-state index in [1.807, 2.05) is 0 Å². The molecule has 0 saturated carbocycles. The van der Waals surface area contributed by atoms with Crippen molar-refractivity contribution in [1.82, 2.24) is 9.97 Å². The van der Waals surface area contributed by atoms with Crippen LogP contribution in [0.5, 0.6) is 0 Å². The Balaban J connectivity index is 2.23. The molecule has 1 aromatic rings. The van der Waals surface area contributed by atoms with Crippen molar-refractivity contribution in [2.45, 2.75) is 45.4 Å². The van der Waals surface area contributed by atoms with Gasteiger partial charge in [0.1, 0.15) is 5.82 Å². The van der Waals surface area contributed by atoms with E-state index in [9.17, 15) is 4.79 Å². The van der Waals surface area contributed by atoms with Crippen LogP contribution in [0.1, 0.15) is 60.9 Å². The lowest BCUT2D eigenvalue weighted by Crippen LogP contribution is -2.19. The number of esters is 1. The summed E-state index contributed by atoms with van der Waals surface area (Å²) in [4.78, 5) is 20.9. The van der Waals surface area contributed by atoms with Gasteiger partial charge in [0, 0.05) is 25.3 Å². The maximum Gasteiger partial charge on any atom is 0.341 e. The van der Waals surface area contributed by atoms with Crippen molar-refractivity contribution >= 4 is 5.97 Å². The van der Waals surface area contributed by atoms with Crippen LogP contribution >= 0.6 is 0 Å². The highest BCUT2D eigenvalue weighted by molar-refractivity contribution is 5.90. The van der Waals surface area contributed by atoms with Gasteiger partial charge in [0.25, 0.3) is 0 Å². The minimum absolute atomic E-state index is 0.325. The minimum Gasteiger partial charge on any atom is -0.462 e. The number of hydrogen-bond donors (Lipinski definition) is 0. The van der Waals surface area contributed by atoms with Crippen LogP contribution in [0.25, 0.3) is 0 Å². The lowest BCUT2D eigenvalue weighted by Gasteiger charge is -2.21. The molecule has 0 radical (unpaired) electrons. The lowest BCUT2D eigenvalue weighted by molar-refractivity contribution is 0.0523. The molecule has 0 unspecified atom stereocenters. The van der Waals surface area contributed by atoms with Crippen molar-refractivity contribution in [3.8, 4) is 0 Å². The molecule has 0 bridgehead atoms. The summed E-state index contributed by atoms with van der Waals surface area (Å²) in [7, 11) is 0. The molecule has 5 nitrogen and oxygen atoms in total. The number of nitrogens with zero attached hydrogens (tertiary/aromatic N) is 2. The topological polar surface area (TPSA) is 61.3 Å². The Labute approximate surface area is 119 Å². The standard InChI is InChI=1S/C15H22N2O3/c1-3-5-13-12(15(18)20-4-2)10-16-14(17-13)11-6-8-19-9-7-11/h10-11H,3-9H2,1-2H3. The zero-order valence-corrected chi connectivity index (χ0v) is 12.2. The highest BCUT2D eigenvalue weighted by atomic mass is 16.5. The van der Waals surface area contributed by atoms with E-state index in [-0.39, 0.29) is 5.97 Å². The van der Waals surface area contributed by atoms with Crippen molar-refractivity contribution in [2.75, 3.05) is 19.8 Å². The van der Waals surface area contributed by atoms with E-state index in [1.54, 1.807) is 13.1 Å². The smallest absolute Gasteiger partial charge is 0.341 e. The summed E-state index contributed by atoms with van der Waals surface area (Å²) in [5.74, 6) is 0.856. The van der Waals surface area contributed by atoms with Gasteiger partial charge in [-0.1, -0.05) is 13.3 Å². The number of aromatic nitrogens is 2. The third-order valence-electron chi connectivity index (χ3n) is 3.45. The van der Waals surface area contributed by atoms with Crippen LogP contribution in [0.3, 0.4) is 0 Å². The fraction of sp³-hybridized carbons (Fsp3) is 0.667. The van der Waals surface area contributed by atoms with Gasteiger partial charge in [0.05, 0.1) is 17.9 Å². The first-order valence-corrected chi connectivity index (χ1v) is 7.36. The second-order valence-corrected chi connectivity index (χ2v) is 4.95. The maximum absolute atomic E-state index is 11.9. The van der Waals surface area contributed by atoms with Gasteiger partial charge in [0.2, 0.25) is 0 Å². The van der Waals surface area contributed by atoms with Gasteiger partial charge >= 0.3 is 5.97 Å². The second kappa shape index (κ2) is 7.33. The van der Waals surface area contributed by atoms with Crippen LogP contribution in [0.15, 0.2) is 6.20 Å². The molecule has 1 fully saturated rings. The third kappa shape index (κ3) is 3.54. The molecular formula is C15H22N2O3. The van der Waals surface area contributed by atoms with E-state index in [0.29, 0.717) is 18.1 Å². The van der Waals surface area contributed by atoms with Crippen molar-refractivity contribution in [2.24, 2.45) is 0 Å². The van der Waals surface area contributed by atoms with Gasteiger partial charge in [-0.3, -0.25) is 0 Å². The molecule has 5 heteroatoms. The summed E-state index contributed by atoms with van der Waals surface area (Å²) in [6, 6.07) is 0. The lowest BCUT2D eigenvalue weighted by atomic mass is 9.99. The van der Waals surface area contributed by atoms with Gasteiger partial charge in [0.15, 0.2) is 0 Å². The largest absolute Gasteiger partial charge is 0.462 e. The number of hydrogen-bond acceptors (Lipinski definition) is 5.